The van der Waals surface area contributed by atoms with Crippen molar-refractivity contribution in [3.8, 4) is 0 Å². The van der Waals surface area contributed by atoms with Gasteiger partial charge in [-0.15, -0.1) is 0 Å². The molecule has 1 N–H and O–H groups in total. The van der Waals surface area contributed by atoms with E-state index >= 15 is 0 Å². The lowest BCUT2D eigenvalue weighted by atomic mass is 9.86. The molecular formula is C16H26FN. The lowest BCUT2D eigenvalue weighted by Crippen LogP contribution is -2.28. The molecule has 102 valence electrons. The fourth-order valence-corrected chi connectivity index (χ4v) is 2.67. The van der Waals surface area contributed by atoms with Gasteiger partial charge in [0, 0.05) is 6.04 Å². The third kappa shape index (κ3) is 4.41. The van der Waals surface area contributed by atoms with Gasteiger partial charge in [0.2, 0.25) is 0 Å². The minimum atomic E-state index is -0.156. The quantitative estimate of drug-likeness (QED) is 0.706. The van der Waals surface area contributed by atoms with Crippen LogP contribution >= 0.6 is 0 Å². The van der Waals surface area contributed by atoms with Crippen LogP contribution in [0.15, 0.2) is 24.3 Å². The zero-order valence-electron chi connectivity index (χ0n) is 11.9. The molecule has 0 saturated carbocycles. The van der Waals surface area contributed by atoms with Gasteiger partial charge in [-0.25, -0.2) is 4.39 Å². The van der Waals surface area contributed by atoms with Crippen LogP contribution < -0.4 is 5.32 Å². The number of nitrogens with one attached hydrogen (secondary N) is 1. The van der Waals surface area contributed by atoms with Gasteiger partial charge in [0.25, 0.3) is 0 Å². The van der Waals surface area contributed by atoms with Crippen LogP contribution in [-0.4, -0.2) is 6.54 Å². The molecule has 1 unspecified atom stereocenters. The van der Waals surface area contributed by atoms with Crippen molar-refractivity contribution in [3.63, 3.8) is 0 Å². The third-order valence-electron chi connectivity index (χ3n) is 3.44. The third-order valence-corrected chi connectivity index (χ3v) is 3.44. The Morgan fingerprint density at radius 2 is 1.56 bits per heavy atom. The smallest absolute Gasteiger partial charge is 0.123 e. The van der Waals surface area contributed by atoms with E-state index in [9.17, 15) is 4.39 Å². The highest BCUT2D eigenvalue weighted by Crippen LogP contribution is 2.29. The fraction of sp³-hybridized carbons (Fsp3) is 0.625. The van der Waals surface area contributed by atoms with Gasteiger partial charge < -0.3 is 5.32 Å². The second-order valence-corrected chi connectivity index (χ2v) is 4.92. The van der Waals surface area contributed by atoms with Gasteiger partial charge in [-0.2, -0.15) is 0 Å². The van der Waals surface area contributed by atoms with Crippen molar-refractivity contribution >= 4 is 0 Å². The van der Waals surface area contributed by atoms with Crippen LogP contribution in [0.5, 0.6) is 0 Å². The second kappa shape index (κ2) is 8.25. The Morgan fingerprint density at radius 3 is 2.00 bits per heavy atom. The summed E-state index contributed by atoms with van der Waals surface area (Å²) in [4.78, 5) is 0. The van der Waals surface area contributed by atoms with Gasteiger partial charge in [0.05, 0.1) is 0 Å². The minimum Gasteiger partial charge on any atom is -0.310 e. The van der Waals surface area contributed by atoms with Crippen LogP contribution in [0.25, 0.3) is 0 Å². The maximum absolute atomic E-state index is 13.0. The van der Waals surface area contributed by atoms with Crippen LogP contribution in [0.2, 0.25) is 0 Å². The van der Waals surface area contributed by atoms with E-state index in [2.05, 4.69) is 26.1 Å². The van der Waals surface area contributed by atoms with E-state index in [0.717, 1.165) is 6.54 Å². The molecule has 0 amide bonds. The zero-order chi connectivity index (χ0) is 13.4. The first-order valence-electron chi connectivity index (χ1n) is 7.21. The predicted molar refractivity (Wildman–Crippen MR) is 76.1 cm³/mol. The Balaban J connectivity index is 2.87. The summed E-state index contributed by atoms with van der Waals surface area (Å²) in [6.45, 7) is 7.55. The van der Waals surface area contributed by atoms with Crippen molar-refractivity contribution in [2.75, 3.05) is 6.54 Å². The first-order valence-corrected chi connectivity index (χ1v) is 7.21. The monoisotopic (exact) mass is 251 g/mol. The molecule has 0 aromatic heterocycles. The van der Waals surface area contributed by atoms with Crippen LogP contribution in [0.1, 0.15) is 58.1 Å². The Labute approximate surface area is 111 Å². The standard InChI is InChI=1S/C16H26FN/c1-4-7-13(8-5-2)16(18-6-3)14-9-11-15(17)12-10-14/h9-13,16,18H,4-8H2,1-3H3. The number of hydrogen-bond acceptors (Lipinski definition) is 1. The van der Waals surface area contributed by atoms with Gasteiger partial charge in [-0.05, 0) is 43.0 Å². The predicted octanol–water partition coefficient (Wildman–Crippen LogP) is 4.69. The van der Waals surface area contributed by atoms with E-state index in [4.69, 9.17) is 0 Å². The summed E-state index contributed by atoms with van der Waals surface area (Å²) in [7, 11) is 0. The first kappa shape index (κ1) is 15.2. The molecular weight excluding hydrogens is 225 g/mol. The van der Waals surface area contributed by atoms with Gasteiger partial charge >= 0.3 is 0 Å². The maximum atomic E-state index is 13.0. The Hall–Kier alpha value is -0.890. The van der Waals surface area contributed by atoms with Crippen molar-refractivity contribution in [1.29, 1.82) is 0 Å². The lowest BCUT2D eigenvalue weighted by Gasteiger charge is -2.28. The van der Waals surface area contributed by atoms with E-state index in [1.807, 2.05) is 12.1 Å². The van der Waals surface area contributed by atoms with E-state index in [1.165, 1.54) is 31.2 Å². The van der Waals surface area contributed by atoms with Crippen molar-refractivity contribution < 1.29 is 4.39 Å². The summed E-state index contributed by atoms with van der Waals surface area (Å²) in [6.07, 6.45) is 4.85. The topological polar surface area (TPSA) is 12.0 Å². The molecule has 0 aliphatic heterocycles. The molecule has 0 saturated heterocycles. The van der Waals surface area contributed by atoms with Crippen LogP contribution in [0, 0.1) is 11.7 Å². The summed E-state index contributed by atoms with van der Waals surface area (Å²) in [5, 5.41) is 3.57. The number of benzene rings is 1. The highest BCUT2D eigenvalue weighted by molar-refractivity contribution is 5.20. The van der Waals surface area contributed by atoms with Gasteiger partial charge in [0.1, 0.15) is 5.82 Å². The average molecular weight is 251 g/mol. The highest BCUT2D eigenvalue weighted by atomic mass is 19.1. The Kier molecular flexibility index (Phi) is 6.96. The molecule has 0 aliphatic carbocycles. The Morgan fingerprint density at radius 1 is 1.00 bits per heavy atom. The summed E-state index contributed by atoms with van der Waals surface area (Å²) >= 11 is 0. The SMILES string of the molecule is CCCC(CCC)C(NCC)c1ccc(F)cc1. The molecule has 0 aliphatic rings. The van der Waals surface area contributed by atoms with Gasteiger partial charge in [-0.1, -0.05) is 45.7 Å². The van der Waals surface area contributed by atoms with Crippen molar-refractivity contribution in [2.24, 2.45) is 5.92 Å². The molecule has 1 atom stereocenters. The lowest BCUT2D eigenvalue weighted by molar-refractivity contribution is 0.320. The van der Waals surface area contributed by atoms with Crippen molar-refractivity contribution in [3.05, 3.63) is 35.6 Å². The maximum Gasteiger partial charge on any atom is 0.123 e. The summed E-state index contributed by atoms with van der Waals surface area (Å²) in [6, 6.07) is 7.32. The molecule has 1 rings (SSSR count). The summed E-state index contributed by atoms with van der Waals surface area (Å²) in [5.41, 5.74) is 1.21. The molecule has 0 fully saturated rings. The molecule has 2 heteroatoms. The first-order chi connectivity index (χ1) is 8.72. The minimum absolute atomic E-state index is 0.156. The molecule has 0 bridgehead atoms. The van der Waals surface area contributed by atoms with E-state index in [0.29, 0.717) is 12.0 Å². The average Bonchev–Trinajstić information content (AvgIpc) is 2.37. The molecule has 1 nitrogen and oxygen atoms in total. The largest absolute Gasteiger partial charge is 0.310 e. The van der Waals surface area contributed by atoms with Gasteiger partial charge in [0.15, 0.2) is 0 Å². The summed E-state index contributed by atoms with van der Waals surface area (Å²) < 4.78 is 13.0. The zero-order valence-corrected chi connectivity index (χ0v) is 11.9. The van der Waals surface area contributed by atoms with Gasteiger partial charge in [-0.3, -0.25) is 0 Å². The van der Waals surface area contributed by atoms with Crippen LogP contribution in [-0.2, 0) is 0 Å². The molecule has 1 aromatic carbocycles. The summed E-state index contributed by atoms with van der Waals surface area (Å²) in [5.74, 6) is 0.488. The Bertz CT molecular complexity index is 314. The fourth-order valence-electron chi connectivity index (χ4n) is 2.67. The van der Waals surface area contributed by atoms with Crippen LogP contribution in [0.3, 0.4) is 0 Å². The van der Waals surface area contributed by atoms with E-state index in [1.54, 1.807) is 12.1 Å². The molecule has 0 radical (unpaired) electrons. The highest BCUT2D eigenvalue weighted by Gasteiger charge is 2.20. The number of rotatable bonds is 8. The number of halogens is 1. The molecule has 0 spiro atoms. The van der Waals surface area contributed by atoms with E-state index < -0.39 is 0 Å². The molecule has 1 aromatic rings. The van der Waals surface area contributed by atoms with Crippen molar-refractivity contribution in [1.82, 2.24) is 5.32 Å². The number of hydrogen-bond donors (Lipinski definition) is 1. The second-order valence-electron chi connectivity index (χ2n) is 4.92. The van der Waals surface area contributed by atoms with Crippen LogP contribution in [0.4, 0.5) is 4.39 Å². The molecule has 18 heavy (non-hydrogen) atoms. The normalized spacial score (nSPS) is 12.9. The van der Waals surface area contributed by atoms with Crippen molar-refractivity contribution in [2.45, 2.75) is 52.5 Å². The molecule has 0 heterocycles. The van der Waals surface area contributed by atoms with E-state index in [-0.39, 0.29) is 5.82 Å².